The highest BCUT2D eigenvalue weighted by molar-refractivity contribution is 5.30. The van der Waals surface area contributed by atoms with Crippen LogP contribution in [0, 0.1) is 0 Å². The fraction of sp³-hybridized carbons (Fsp3) is 0.294. The third kappa shape index (κ3) is 3.22. The van der Waals surface area contributed by atoms with Gasteiger partial charge in [0, 0.05) is 6.04 Å². The minimum atomic E-state index is 0.429. The maximum absolute atomic E-state index is 5.62. The van der Waals surface area contributed by atoms with Crippen molar-refractivity contribution in [3.63, 3.8) is 0 Å². The number of hydrogen-bond donors (Lipinski definition) is 1. The lowest BCUT2D eigenvalue weighted by Gasteiger charge is -2.25. The van der Waals surface area contributed by atoms with Crippen LogP contribution in [0.3, 0.4) is 0 Å². The maximum atomic E-state index is 5.62. The van der Waals surface area contributed by atoms with Crippen molar-refractivity contribution in [1.82, 2.24) is 5.48 Å². The predicted molar refractivity (Wildman–Crippen MR) is 76.6 cm³/mol. The van der Waals surface area contributed by atoms with Crippen molar-refractivity contribution in [1.29, 1.82) is 0 Å². The summed E-state index contributed by atoms with van der Waals surface area (Å²) in [4.78, 5) is 5.62. The van der Waals surface area contributed by atoms with E-state index < -0.39 is 0 Å². The van der Waals surface area contributed by atoms with Gasteiger partial charge in [0.2, 0.25) is 0 Å². The zero-order valence-electron chi connectivity index (χ0n) is 11.0. The van der Waals surface area contributed by atoms with Crippen molar-refractivity contribution < 1.29 is 4.84 Å². The average Bonchev–Trinajstić information content (AvgIpc) is 2.48. The van der Waals surface area contributed by atoms with Crippen molar-refractivity contribution in [2.75, 3.05) is 0 Å². The summed E-state index contributed by atoms with van der Waals surface area (Å²) in [5.41, 5.74) is 7.35. The van der Waals surface area contributed by atoms with Gasteiger partial charge in [-0.15, -0.1) is 0 Å². The highest BCUT2D eigenvalue weighted by atomic mass is 16.6. The second-order valence-corrected chi connectivity index (χ2v) is 5.10. The van der Waals surface area contributed by atoms with E-state index in [1.807, 2.05) is 18.2 Å². The van der Waals surface area contributed by atoms with Crippen LogP contribution in [0.4, 0.5) is 0 Å². The molecule has 0 saturated heterocycles. The van der Waals surface area contributed by atoms with Crippen LogP contribution >= 0.6 is 0 Å². The number of nitrogens with one attached hydrogen (secondary N) is 1. The number of fused-ring (bicyclic) bond motifs is 1. The number of hydrogen-bond acceptors (Lipinski definition) is 2. The van der Waals surface area contributed by atoms with Crippen LogP contribution in [0.5, 0.6) is 0 Å². The number of benzene rings is 2. The lowest BCUT2D eigenvalue weighted by atomic mass is 9.89. The highest BCUT2D eigenvalue weighted by Crippen LogP contribution is 2.21. The van der Waals surface area contributed by atoms with Gasteiger partial charge in [-0.05, 0) is 36.0 Å². The van der Waals surface area contributed by atoms with Crippen LogP contribution < -0.4 is 5.48 Å². The van der Waals surface area contributed by atoms with Crippen molar-refractivity contribution in [2.24, 2.45) is 0 Å². The molecule has 1 aliphatic rings. The molecule has 0 heterocycles. The van der Waals surface area contributed by atoms with Crippen molar-refractivity contribution >= 4 is 0 Å². The smallest absolute Gasteiger partial charge is 0.0933 e. The fourth-order valence-corrected chi connectivity index (χ4v) is 2.62. The Balaban J connectivity index is 1.50. The molecule has 0 aromatic heterocycles. The van der Waals surface area contributed by atoms with Crippen molar-refractivity contribution in [3.8, 4) is 0 Å². The summed E-state index contributed by atoms with van der Waals surface area (Å²) in [6.07, 6.45) is 3.35. The fourth-order valence-electron chi connectivity index (χ4n) is 2.62. The molecule has 0 spiro atoms. The summed E-state index contributed by atoms with van der Waals surface area (Å²) in [6.45, 7) is 0.624. The van der Waals surface area contributed by atoms with E-state index in [1.165, 1.54) is 16.7 Å². The van der Waals surface area contributed by atoms with Crippen LogP contribution in [0.1, 0.15) is 23.1 Å². The van der Waals surface area contributed by atoms with Crippen LogP contribution in [-0.2, 0) is 24.3 Å². The summed E-state index contributed by atoms with van der Waals surface area (Å²) >= 11 is 0. The molecule has 1 atom stereocenters. The third-order valence-electron chi connectivity index (χ3n) is 3.68. The molecular weight excluding hydrogens is 234 g/mol. The Kier molecular flexibility index (Phi) is 3.92. The van der Waals surface area contributed by atoms with Gasteiger partial charge in [0.05, 0.1) is 6.61 Å². The van der Waals surface area contributed by atoms with Gasteiger partial charge in [-0.25, -0.2) is 0 Å². The first-order chi connectivity index (χ1) is 9.42. The number of rotatable bonds is 4. The van der Waals surface area contributed by atoms with E-state index in [-0.39, 0.29) is 0 Å². The molecule has 2 aromatic carbocycles. The Morgan fingerprint density at radius 1 is 0.947 bits per heavy atom. The van der Waals surface area contributed by atoms with E-state index in [4.69, 9.17) is 4.84 Å². The Morgan fingerprint density at radius 2 is 1.68 bits per heavy atom. The monoisotopic (exact) mass is 253 g/mol. The van der Waals surface area contributed by atoms with E-state index in [0.29, 0.717) is 12.6 Å². The van der Waals surface area contributed by atoms with Crippen molar-refractivity contribution in [2.45, 2.75) is 31.9 Å². The van der Waals surface area contributed by atoms with E-state index in [2.05, 4.69) is 41.9 Å². The van der Waals surface area contributed by atoms with Gasteiger partial charge in [-0.3, -0.25) is 4.84 Å². The summed E-state index contributed by atoms with van der Waals surface area (Å²) in [5, 5.41) is 0. The molecule has 0 radical (unpaired) electrons. The molecule has 1 N–H and O–H groups in total. The molecule has 19 heavy (non-hydrogen) atoms. The molecule has 0 amide bonds. The van der Waals surface area contributed by atoms with Crippen LogP contribution in [-0.4, -0.2) is 6.04 Å². The second kappa shape index (κ2) is 6.00. The molecule has 0 aliphatic heterocycles. The van der Waals surface area contributed by atoms with Gasteiger partial charge in [0.25, 0.3) is 0 Å². The number of hydroxylamine groups is 1. The summed E-state index contributed by atoms with van der Waals surface area (Å²) < 4.78 is 0. The molecule has 0 saturated carbocycles. The van der Waals surface area contributed by atoms with Gasteiger partial charge in [0.1, 0.15) is 0 Å². The normalized spacial score (nSPS) is 18.0. The second-order valence-electron chi connectivity index (χ2n) is 5.10. The summed E-state index contributed by atoms with van der Waals surface area (Å²) in [6, 6.07) is 19.4. The first-order valence-electron chi connectivity index (χ1n) is 6.90. The van der Waals surface area contributed by atoms with Gasteiger partial charge >= 0.3 is 0 Å². The Morgan fingerprint density at radius 3 is 2.53 bits per heavy atom. The van der Waals surface area contributed by atoms with E-state index >= 15 is 0 Å². The average molecular weight is 253 g/mol. The van der Waals surface area contributed by atoms with Gasteiger partial charge in [0.15, 0.2) is 0 Å². The number of aryl methyl sites for hydroxylation is 1. The van der Waals surface area contributed by atoms with E-state index in [0.717, 1.165) is 19.3 Å². The maximum Gasteiger partial charge on any atom is 0.0933 e. The SMILES string of the molecule is c1ccc(CONC2CCc3ccccc3C2)cc1. The highest BCUT2D eigenvalue weighted by Gasteiger charge is 2.17. The minimum Gasteiger partial charge on any atom is -0.297 e. The molecule has 2 aromatic rings. The van der Waals surface area contributed by atoms with Crippen LogP contribution in [0.15, 0.2) is 54.6 Å². The molecule has 2 nitrogen and oxygen atoms in total. The van der Waals surface area contributed by atoms with E-state index in [1.54, 1.807) is 0 Å². The molecule has 0 fully saturated rings. The molecule has 0 bridgehead atoms. The first kappa shape index (κ1) is 12.4. The molecule has 3 rings (SSSR count). The predicted octanol–water partition coefficient (Wildman–Crippen LogP) is 3.27. The van der Waals surface area contributed by atoms with E-state index in [9.17, 15) is 0 Å². The Hall–Kier alpha value is -1.64. The Bertz CT molecular complexity index is 524. The quantitative estimate of drug-likeness (QED) is 0.844. The zero-order valence-corrected chi connectivity index (χ0v) is 11.0. The molecule has 1 aliphatic carbocycles. The van der Waals surface area contributed by atoms with Gasteiger partial charge < -0.3 is 0 Å². The minimum absolute atomic E-state index is 0.429. The van der Waals surface area contributed by atoms with Crippen LogP contribution in [0.25, 0.3) is 0 Å². The zero-order chi connectivity index (χ0) is 12.9. The third-order valence-corrected chi connectivity index (χ3v) is 3.68. The van der Waals surface area contributed by atoms with Gasteiger partial charge in [-0.2, -0.15) is 5.48 Å². The molecular formula is C17H19NO. The largest absolute Gasteiger partial charge is 0.297 e. The standard InChI is InChI=1S/C17H19NO/c1-2-6-14(7-3-1)13-19-18-17-11-10-15-8-4-5-9-16(15)12-17/h1-9,17-18H,10-13H2. The lowest BCUT2D eigenvalue weighted by molar-refractivity contribution is 0.000608. The summed E-state index contributed by atoms with van der Waals surface area (Å²) in [5.74, 6) is 0. The summed E-state index contributed by atoms with van der Waals surface area (Å²) in [7, 11) is 0. The molecule has 98 valence electrons. The van der Waals surface area contributed by atoms with Gasteiger partial charge in [-0.1, -0.05) is 54.6 Å². The topological polar surface area (TPSA) is 21.3 Å². The molecule has 1 unspecified atom stereocenters. The van der Waals surface area contributed by atoms with Crippen LogP contribution in [0.2, 0.25) is 0 Å². The molecule has 2 heteroatoms. The lowest BCUT2D eigenvalue weighted by Crippen LogP contribution is -2.34. The first-order valence-corrected chi connectivity index (χ1v) is 6.90. The Labute approximate surface area is 114 Å². The van der Waals surface area contributed by atoms with Crippen molar-refractivity contribution in [3.05, 3.63) is 71.3 Å².